The fourth-order valence-corrected chi connectivity index (χ4v) is 1.46. The first-order valence-electron chi connectivity index (χ1n) is 4.61. The Morgan fingerprint density at radius 1 is 1.40 bits per heavy atom. The van der Waals surface area contributed by atoms with Gasteiger partial charge in [0.1, 0.15) is 5.82 Å². The van der Waals surface area contributed by atoms with Gasteiger partial charge in [-0.3, -0.25) is 4.98 Å². The van der Waals surface area contributed by atoms with Gasteiger partial charge < -0.3 is 4.57 Å². The van der Waals surface area contributed by atoms with Crippen LogP contribution >= 0.6 is 0 Å². The Hall–Kier alpha value is -2.15. The zero-order chi connectivity index (χ0) is 10.7. The quantitative estimate of drug-likeness (QED) is 0.735. The Balaban J connectivity index is 2.42. The number of hydrogen-bond donors (Lipinski definition) is 0. The van der Waals surface area contributed by atoms with E-state index in [9.17, 15) is 0 Å². The second-order valence-corrected chi connectivity index (χ2v) is 3.24. The fraction of sp³-hybridized carbons (Fsp3) is 0.182. The topological polar surface area (TPSA) is 54.5 Å². The number of nitrogens with zero attached hydrogens (tertiary/aromatic N) is 4. The fourth-order valence-electron chi connectivity index (χ4n) is 1.46. The Kier molecular flexibility index (Phi) is 2.46. The summed E-state index contributed by atoms with van der Waals surface area (Å²) in [4.78, 5) is 8.34. The number of aromatic nitrogens is 3. The molecule has 2 aromatic heterocycles. The van der Waals surface area contributed by atoms with E-state index in [-0.39, 0.29) is 0 Å². The predicted octanol–water partition coefficient (Wildman–Crippen LogP) is 1.55. The summed E-state index contributed by atoms with van der Waals surface area (Å²) in [5.74, 6) is 0.864. The molecule has 0 bridgehead atoms. The van der Waals surface area contributed by atoms with E-state index < -0.39 is 0 Å². The number of nitriles is 1. The molecule has 0 amide bonds. The number of imidazole rings is 1. The molecule has 15 heavy (non-hydrogen) atoms. The summed E-state index contributed by atoms with van der Waals surface area (Å²) in [5.41, 5.74) is 1.81. The van der Waals surface area contributed by atoms with Crippen LogP contribution < -0.4 is 0 Å². The van der Waals surface area contributed by atoms with Crippen LogP contribution in [0.25, 0.3) is 11.4 Å². The number of aryl methyl sites for hydroxylation is 1. The molecule has 0 aliphatic rings. The Bertz CT molecular complexity index is 493. The van der Waals surface area contributed by atoms with Gasteiger partial charge in [-0.2, -0.15) is 5.26 Å². The van der Waals surface area contributed by atoms with Crippen LogP contribution in [-0.2, 0) is 13.5 Å². The van der Waals surface area contributed by atoms with Gasteiger partial charge in [0, 0.05) is 31.2 Å². The summed E-state index contributed by atoms with van der Waals surface area (Å²) in [5, 5.41) is 8.58. The van der Waals surface area contributed by atoms with Crippen LogP contribution in [0, 0.1) is 11.3 Å². The molecule has 0 saturated carbocycles. The normalized spacial score (nSPS) is 9.87. The molecule has 0 unspecified atom stereocenters. The maximum Gasteiger partial charge on any atom is 0.140 e. The van der Waals surface area contributed by atoms with E-state index in [1.807, 2.05) is 29.9 Å². The molecular weight excluding hydrogens is 188 g/mol. The minimum atomic E-state index is 0.346. The van der Waals surface area contributed by atoms with Crippen LogP contribution in [0.1, 0.15) is 5.69 Å². The summed E-state index contributed by atoms with van der Waals surface area (Å²) < 4.78 is 1.92. The van der Waals surface area contributed by atoms with Gasteiger partial charge in [0.2, 0.25) is 0 Å². The van der Waals surface area contributed by atoms with E-state index in [1.165, 1.54) is 0 Å². The average Bonchev–Trinajstić information content (AvgIpc) is 2.61. The van der Waals surface area contributed by atoms with Crippen molar-refractivity contribution in [2.45, 2.75) is 6.42 Å². The predicted molar refractivity (Wildman–Crippen MR) is 55.8 cm³/mol. The highest BCUT2D eigenvalue weighted by atomic mass is 15.0. The van der Waals surface area contributed by atoms with Crippen molar-refractivity contribution in [3.63, 3.8) is 0 Å². The maximum atomic E-state index is 8.58. The molecule has 0 fully saturated rings. The van der Waals surface area contributed by atoms with Gasteiger partial charge in [-0.15, -0.1) is 0 Å². The molecule has 0 N–H and O–H groups in total. The van der Waals surface area contributed by atoms with Crippen molar-refractivity contribution in [1.29, 1.82) is 5.26 Å². The molecule has 0 aliphatic heterocycles. The lowest BCUT2D eigenvalue weighted by Crippen LogP contribution is -1.90. The smallest absolute Gasteiger partial charge is 0.140 e. The van der Waals surface area contributed by atoms with Crippen LogP contribution in [0.5, 0.6) is 0 Å². The Morgan fingerprint density at radius 3 is 2.80 bits per heavy atom. The minimum absolute atomic E-state index is 0.346. The molecule has 0 atom stereocenters. The van der Waals surface area contributed by atoms with E-state index in [2.05, 4.69) is 16.0 Å². The van der Waals surface area contributed by atoms with Crippen molar-refractivity contribution >= 4 is 0 Å². The molecule has 2 aromatic rings. The van der Waals surface area contributed by atoms with Crippen molar-refractivity contribution in [2.75, 3.05) is 0 Å². The van der Waals surface area contributed by atoms with Gasteiger partial charge in [-0.05, 0) is 12.1 Å². The first-order chi connectivity index (χ1) is 7.31. The first-order valence-corrected chi connectivity index (χ1v) is 4.61. The Morgan fingerprint density at radius 2 is 2.13 bits per heavy atom. The van der Waals surface area contributed by atoms with Gasteiger partial charge in [-0.1, -0.05) is 0 Å². The SMILES string of the molecule is Cn1cc(CC#N)nc1-c1ccncc1. The highest BCUT2D eigenvalue weighted by molar-refractivity contribution is 5.54. The Labute approximate surface area is 87.8 Å². The first kappa shape index (κ1) is 9.41. The van der Waals surface area contributed by atoms with Crippen LogP contribution in [0.2, 0.25) is 0 Å². The largest absolute Gasteiger partial charge is 0.334 e. The van der Waals surface area contributed by atoms with E-state index >= 15 is 0 Å². The third kappa shape index (κ3) is 1.86. The highest BCUT2D eigenvalue weighted by Gasteiger charge is 2.06. The van der Waals surface area contributed by atoms with Crippen molar-refractivity contribution < 1.29 is 0 Å². The van der Waals surface area contributed by atoms with Crippen molar-refractivity contribution in [3.05, 3.63) is 36.4 Å². The molecule has 0 aromatic carbocycles. The molecule has 2 heterocycles. The monoisotopic (exact) mass is 198 g/mol. The maximum absolute atomic E-state index is 8.58. The van der Waals surface area contributed by atoms with E-state index in [0.29, 0.717) is 6.42 Å². The van der Waals surface area contributed by atoms with Gasteiger partial charge in [0.25, 0.3) is 0 Å². The molecule has 2 rings (SSSR count). The van der Waals surface area contributed by atoms with E-state index in [4.69, 9.17) is 5.26 Å². The molecule has 0 spiro atoms. The van der Waals surface area contributed by atoms with Crippen molar-refractivity contribution in [1.82, 2.24) is 14.5 Å². The van der Waals surface area contributed by atoms with Gasteiger partial charge >= 0.3 is 0 Å². The summed E-state index contributed by atoms with van der Waals surface area (Å²) in [7, 11) is 1.92. The second kappa shape index (κ2) is 3.93. The molecule has 0 aliphatic carbocycles. The molecule has 4 heteroatoms. The summed E-state index contributed by atoms with van der Waals surface area (Å²) in [6, 6.07) is 5.89. The zero-order valence-electron chi connectivity index (χ0n) is 8.38. The summed E-state index contributed by atoms with van der Waals surface area (Å²) in [6.45, 7) is 0. The lowest BCUT2D eigenvalue weighted by atomic mass is 10.2. The lowest BCUT2D eigenvalue weighted by molar-refractivity contribution is 0.923. The minimum Gasteiger partial charge on any atom is -0.334 e. The second-order valence-electron chi connectivity index (χ2n) is 3.24. The lowest BCUT2D eigenvalue weighted by Gasteiger charge is -1.99. The van der Waals surface area contributed by atoms with Crippen LogP contribution in [0.3, 0.4) is 0 Å². The average molecular weight is 198 g/mol. The van der Waals surface area contributed by atoms with Crippen LogP contribution in [0.15, 0.2) is 30.7 Å². The van der Waals surface area contributed by atoms with E-state index in [0.717, 1.165) is 17.1 Å². The molecular formula is C11H10N4. The standard InChI is InChI=1S/C11H10N4/c1-15-8-10(2-5-12)14-11(15)9-3-6-13-7-4-9/h3-4,6-8H,2H2,1H3. The molecule has 0 radical (unpaired) electrons. The van der Waals surface area contributed by atoms with Crippen LogP contribution in [0.4, 0.5) is 0 Å². The zero-order valence-corrected chi connectivity index (χ0v) is 8.38. The number of hydrogen-bond acceptors (Lipinski definition) is 3. The van der Waals surface area contributed by atoms with Gasteiger partial charge in [0.15, 0.2) is 0 Å². The molecule has 4 nitrogen and oxygen atoms in total. The molecule has 0 saturated heterocycles. The van der Waals surface area contributed by atoms with E-state index in [1.54, 1.807) is 12.4 Å². The summed E-state index contributed by atoms with van der Waals surface area (Å²) in [6.07, 6.45) is 5.68. The summed E-state index contributed by atoms with van der Waals surface area (Å²) >= 11 is 0. The van der Waals surface area contributed by atoms with Crippen molar-refractivity contribution in [2.24, 2.45) is 7.05 Å². The third-order valence-electron chi connectivity index (χ3n) is 2.12. The van der Waals surface area contributed by atoms with Gasteiger partial charge in [0.05, 0.1) is 18.2 Å². The third-order valence-corrected chi connectivity index (χ3v) is 2.12. The van der Waals surface area contributed by atoms with Gasteiger partial charge in [-0.25, -0.2) is 4.98 Å². The molecule has 74 valence electrons. The van der Waals surface area contributed by atoms with Crippen LogP contribution in [-0.4, -0.2) is 14.5 Å². The number of pyridine rings is 1. The highest BCUT2D eigenvalue weighted by Crippen LogP contribution is 2.16. The van der Waals surface area contributed by atoms with Crippen molar-refractivity contribution in [3.8, 4) is 17.5 Å². The number of rotatable bonds is 2.